The fourth-order valence-electron chi connectivity index (χ4n) is 2.62. The van der Waals surface area contributed by atoms with Crippen LogP contribution >= 0.6 is 0 Å². The molecule has 0 spiro atoms. The Morgan fingerprint density at radius 3 is 2.68 bits per heavy atom. The standard InChI is InChI=1S/C17H19N3O2/c21-17(19-14-6-9-18-10-7-14)20-15-8-11-22-16(12-15)13-4-2-1-3-5-13/h1-7,9-10,15-16H,8,11-12H2,(H2,18,19,20,21)/t15-,16-/m1/s1. The minimum Gasteiger partial charge on any atom is -0.373 e. The number of urea groups is 1. The Morgan fingerprint density at radius 1 is 1.14 bits per heavy atom. The van der Waals surface area contributed by atoms with Gasteiger partial charge in [-0.25, -0.2) is 4.79 Å². The molecule has 114 valence electrons. The molecule has 1 aromatic heterocycles. The van der Waals surface area contributed by atoms with E-state index in [0.717, 1.165) is 24.1 Å². The molecule has 2 amide bonds. The lowest BCUT2D eigenvalue weighted by molar-refractivity contribution is 0.00254. The molecule has 22 heavy (non-hydrogen) atoms. The summed E-state index contributed by atoms with van der Waals surface area (Å²) in [4.78, 5) is 16.0. The highest BCUT2D eigenvalue weighted by molar-refractivity contribution is 5.89. The molecule has 2 atom stereocenters. The molecule has 1 saturated heterocycles. The molecule has 0 bridgehead atoms. The van der Waals surface area contributed by atoms with Gasteiger partial charge in [0.15, 0.2) is 0 Å². The number of rotatable bonds is 3. The number of ether oxygens (including phenoxy) is 1. The van der Waals surface area contributed by atoms with E-state index < -0.39 is 0 Å². The number of benzene rings is 1. The van der Waals surface area contributed by atoms with Crippen LogP contribution in [0.4, 0.5) is 10.5 Å². The first kappa shape index (κ1) is 14.5. The van der Waals surface area contributed by atoms with E-state index in [-0.39, 0.29) is 18.2 Å². The van der Waals surface area contributed by atoms with Crippen molar-refractivity contribution in [2.45, 2.75) is 25.0 Å². The van der Waals surface area contributed by atoms with E-state index in [1.807, 2.05) is 18.2 Å². The molecule has 1 aliphatic rings. The van der Waals surface area contributed by atoms with Gasteiger partial charge in [0.25, 0.3) is 0 Å². The monoisotopic (exact) mass is 297 g/mol. The predicted octanol–water partition coefficient (Wildman–Crippen LogP) is 3.12. The fourth-order valence-corrected chi connectivity index (χ4v) is 2.62. The SMILES string of the molecule is O=C(Nc1ccncc1)N[C@@H]1CCO[C@@H](c2ccccc2)C1. The van der Waals surface area contributed by atoms with E-state index in [1.54, 1.807) is 24.5 Å². The van der Waals surface area contributed by atoms with Gasteiger partial charge in [0, 0.05) is 30.7 Å². The van der Waals surface area contributed by atoms with Gasteiger partial charge in [-0.1, -0.05) is 30.3 Å². The van der Waals surface area contributed by atoms with Crippen molar-refractivity contribution < 1.29 is 9.53 Å². The summed E-state index contributed by atoms with van der Waals surface area (Å²) < 4.78 is 5.81. The van der Waals surface area contributed by atoms with Gasteiger partial charge in [-0.15, -0.1) is 0 Å². The van der Waals surface area contributed by atoms with E-state index in [1.165, 1.54) is 0 Å². The number of carbonyl (C=O) groups excluding carboxylic acids is 1. The molecule has 3 rings (SSSR count). The Hall–Kier alpha value is -2.40. The molecule has 1 aromatic carbocycles. The minimum absolute atomic E-state index is 0.0428. The zero-order valence-electron chi connectivity index (χ0n) is 12.2. The van der Waals surface area contributed by atoms with Gasteiger partial charge >= 0.3 is 6.03 Å². The van der Waals surface area contributed by atoms with Crippen LogP contribution in [0, 0.1) is 0 Å². The van der Waals surface area contributed by atoms with Crippen LogP contribution in [-0.4, -0.2) is 23.7 Å². The minimum atomic E-state index is -0.190. The van der Waals surface area contributed by atoms with Crippen LogP contribution in [0.2, 0.25) is 0 Å². The third-order valence-electron chi connectivity index (χ3n) is 3.73. The van der Waals surface area contributed by atoms with Gasteiger partial charge < -0.3 is 15.4 Å². The smallest absolute Gasteiger partial charge is 0.319 e. The second kappa shape index (κ2) is 7.04. The second-order valence-electron chi connectivity index (χ2n) is 5.33. The summed E-state index contributed by atoms with van der Waals surface area (Å²) in [7, 11) is 0. The zero-order valence-corrected chi connectivity index (χ0v) is 12.2. The lowest BCUT2D eigenvalue weighted by Crippen LogP contribution is -2.42. The average Bonchev–Trinajstić information content (AvgIpc) is 2.57. The molecule has 0 radical (unpaired) electrons. The average molecular weight is 297 g/mol. The number of aromatic nitrogens is 1. The van der Waals surface area contributed by atoms with Crippen LogP contribution in [0.25, 0.3) is 0 Å². The Bertz CT molecular complexity index is 604. The number of hydrogen-bond acceptors (Lipinski definition) is 3. The van der Waals surface area contributed by atoms with Gasteiger partial charge in [0.05, 0.1) is 6.10 Å². The highest BCUT2D eigenvalue weighted by atomic mass is 16.5. The second-order valence-corrected chi connectivity index (χ2v) is 5.33. The molecule has 2 aromatic rings. The molecule has 0 saturated carbocycles. The van der Waals surface area contributed by atoms with Gasteiger partial charge in [0.2, 0.25) is 0 Å². The maximum Gasteiger partial charge on any atom is 0.319 e. The summed E-state index contributed by atoms with van der Waals surface area (Å²) in [5.74, 6) is 0. The van der Waals surface area contributed by atoms with Crippen LogP contribution < -0.4 is 10.6 Å². The molecule has 5 heteroatoms. The van der Waals surface area contributed by atoms with Crippen LogP contribution in [-0.2, 0) is 4.74 Å². The number of carbonyl (C=O) groups is 1. The lowest BCUT2D eigenvalue weighted by atomic mass is 9.97. The Kier molecular flexibility index (Phi) is 4.65. The molecular weight excluding hydrogens is 278 g/mol. The first-order valence-electron chi connectivity index (χ1n) is 7.45. The number of hydrogen-bond donors (Lipinski definition) is 2. The van der Waals surface area contributed by atoms with E-state index in [2.05, 4.69) is 27.8 Å². The Morgan fingerprint density at radius 2 is 1.91 bits per heavy atom. The number of amides is 2. The fraction of sp³-hybridized carbons (Fsp3) is 0.294. The Labute approximate surface area is 129 Å². The van der Waals surface area contributed by atoms with Crippen LogP contribution in [0.1, 0.15) is 24.5 Å². The molecule has 0 aliphatic carbocycles. The quantitative estimate of drug-likeness (QED) is 0.915. The predicted molar refractivity (Wildman–Crippen MR) is 84.5 cm³/mol. The normalized spacial score (nSPS) is 21.1. The third-order valence-corrected chi connectivity index (χ3v) is 3.73. The maximum atomic E-state index is 12.0. The lowest BCUT2D eigenvalue weighted by Gasteiger charge is -2.30. The molecule has 5 nitrogen and oxygen atoms in total. The Balaban J connectivity index is 1.55. The van der Waals surface area contributed by atoms with E-state index in [9.17, 15) is 4.79 Å². The van der Waals surface area contributed by atoms with Crippen molar-refractivity contribution in [3.8, 4) is 0 Å². The summed E-state index contributed by atoms with van der Waals surface area (Å²) in [5, 5.41) is 5.83. The number of pyridine rings is 1. The van der Waals surface area contributed by atoms with Crippen molar-refractivity contribution in [3.63, 3.8) is 0 Å². The summed E-state index contributed by atoms with van der Waals surface area (Å²) in [6.07, 6.45) is 4.95. The topological polar surface area (TPSA) is 63.2 Å². The molecule has 2 heterocycles. The number of anilines is 1. The molecule has 2 N–H and O–H groups in total. The summed E-state index contributed by atoms with van der Waals surface area (Å²) >= 11 is 0. The van der Waals surface area contributed by atoms with Crippen molar-refractivity contribution in [2.24, 2.45) is 0 Å². The molecular formula is C17H19N3O2. The van der Waals surface area contributed by atoms with E-state index in [4.69, 9.17) is 4.74 Å². The van der Waals surface area contributed by atoms with E-state index in [0.29, 0.717) is 6.61 Å². The molecule has 1 fully saturated rings. The summed E-state index contributed by atoms with van der Waals surface area (Å²) in [6, 6.07) is 13.6. The van der Waals surface area contributed by atoms with Crippen molar-refractivity contribution in [1.82, 2.24) is 10.3 Å². The van der Waals surface area contributed by atoms with E-state index >= 15 is 0 Å². The first-order chi connectivity index (χ1) is 10.8. The molecule has 1 aliphatic heterocycles. The third kappa shape index (κ3) is 3.83. The van der Waals surface area contributed by atoms with Crippen molar-refractivity contribution in [2.75, 3.05) is 11.9 Å². The highest BCUT2D eigenvalue weighted by Crippen LogP contribution is 2.27. The van der Waals surface area contributed by atoms with Crippen molar-refractivity contribution >= 4 is 11.7 Å². The molecule has 0 unspecified atom stereocenters. The summed E-state index contributed by atoms with van der Waals surface area (Å²) in [5.41, 5.74) is 1.89. The largest absolute Gasteiger partial charge is 0.373 e. The van der Waals surface area contributed by atoms with Gasteiger partial charge in [-0.2, -0.15) is 0 Å². The van der Waals surface area contributed by atoms with Crippen LogP contribution in [0.5, 0.6) is 0 Å². The summed E-state index contributed by atoms with van der Waals surface area (Å²) in [6.45, 7) is 0.653. The van der Waals surface area contributed by atoms with Gasteiger partial charge in [-0.05, 0) is 30.5 Å². The van der Waals surface area contributed by atoms with Crippen LogP contribution in [0.3, 0.4) is 0 Å². The number of nitrogens with zero attached hydrogens (tertiary/aromatic N) is 1. The van der Waals surface area contributed by atoms with Gasteiger partial charge in [0.1, 0.15) is 0 Å². The number of nitrogens with one attached hydrogen (secondary N) is 2. The van der Waals surface area contributed by atoms with Crippen LogP contribution in [0.15, 0.2) is 54.9 Å². The highest BCUT2D eigenvalue weighted by Gasteiger charge is 2.24. The van der Waals surface area contributed by atoms with Gasteiger partial charge in [-0.3, -0.25) is 4.98 Å². The van der Waals surface area contributed by atoms with Crippen molar-refractivity contribution in [3.05, 3.63) is 60.4 Å². The maximum absolute atomic E-state index is 12.0. The van der Waals surface area contributed by atoms with Crippen molar-refractivity contribution in [1.29, 1.82) is 0 Å². The zero-order chi connectivity index (χ0) is 15.2. The first-order valence-corrected chi connectivity index (χ1v) is 7.45.